The average Bonchev–Trinajstić information content (AvgIpc) is 3.46. The number of ether oxygens (including phenoxy) is 1. The molecule has 32 heavy (non-hydrogen) atoms. The number of nitrogens with one attached hydrogen (secondary N) is 1. The predicted octanol–water partition coefficient (Wildman–Crippen LogP) is 4.55. The predicted molar refractivity (Wildman–Crippen MR) is 128 cm³/mol. The van der Waals surface area contributed by atoms with E-state index in [0.29, 0.717) is 25.9 Å². The van der Waals surface area contributed by atoms with Crippen LogP contribution in [0.3, 0.4) is 0 Å². The molecule has 166 valence electrons. The van der Waals surface area contributed by atoms with Gasteiger partial charge in [-0.05, 0) is 49.1 Å². The molecule has 0 bridgehead atoms. The fourth-order valence-electron chi connectivity index (χ4n) is 4.50. The summed E-state index contributed by atoms with van der Waals surface area (Å²) in [5.74, 6) is 0.834. The van der Waals surface area contributed by atoms with Crippen molar-refractivity contribution in [1.82, 2.24) is 10.2 Å². The van der Waals surface area contributed by atoms with Crippen LogP contribution < -0.4 is 10.1 Å². The largest absolute Gasteiger partial charge is 0.496 e. The van der Waals surface area contributed by atoms with Crippen LogP contribution in [0.25, 0.3) is 11.1 Å². The minimum absolute atomic E-state index is 0.0102. The molecule has 6 heteroatoms. The highest BCUT2D eigenvalue weighted by molar-refractivity contribution is 7.13. The van der Waals surface area contributed by atoms with E-state index in [1.54, 1.807) is 14.2 Å². The van der Waals surface area contributed by atoms with Gasteiger partial charge in [0.2, 0.25) is 5.91 Å². The topological polar surface area (TPSA) is 58.6 Å². The number of thiophene rings is 1. The van der Waals surface area contributed by atoms with E-state index in [2.05, 4.69) is 29.6 Å². The van der Waals surface area contributed by atoms with Crippen LogP contribution in [-0.2, 0) is 11.2 Å². The molecule has 0 aliphatic carbocycles. The lowest BCUT2D eigenvalue weighted by atomic mass is 9.79. The van der Waals surface area contributed by atoms with Crippen molar-refractivity contribution in [1.29, 1.82) is 0 Å². The Hall–Kier alpha value is -3.12. The summed E-state index contributed by atoms with van der Waals surface area (Å²) in [5.41, 5.74) is 2.55. The Morgan fingerprint density at radius 2 is 1.84 bits per heavy atom. The van der Waals surface area contributed by atoms with Gasteiger partial charge in [-0.3, -0.25) is 9.59 Å². The Labute approximate surface area is 193 Å². The lowest BCUT2D eigenvalue weighted by Gasteiger charge is -2.27. The van der Waals surface area contributed by atoms with Crippen molar-refractivity contribution in [3.05, 3.63) is 76.0 Å². The van der Waals surface area contributed by atoms with Crippen LogP contribution in [-0.4, -0.2) is 44.0 Å². The van der Waals surface area contributed by atoms with Gasteiger partial charge in [0.1, 0.15) is 5.75 Å². The van der Waals surface area contributed by atoms with E-state index in [0.717, 1.165) is 32.2 Å². The molecule has 3 aromatic rings. The fourth-order valence-corrected chi connectivity index (χ4v) is 5.34. The van der Waals surface area contributed by atoms with E-state index in [9.17, 15) is 9.59 Å². The van der Waals surface area contributed by atoms with Gasteiger partial charge in [-0.15, -0.1) is 11.3 Å². The SMILES string of the molecule is CNC(=O)C1(Cc2ccc(-c3ccccc3OC)cc2)CCN(C(=O)c2ccc(C)s2)C1. The second-order valence-electron chi connectivity index (χ2n) is 8.32. The molecule has 4 rings (SSSR count). The van der Waals surface area contributed by atoms with E-state index in [1.165, 1.54) is 11.3 Å². The number of aryl methyl sites for hydroxylation is 1. The summed E-state index contributed by atoms with van der Waals surface area (Å²) in [5, 5.41) is 2.83. The van der Waals surface area contributed by atoms with Crippen LogP contribution in [0.2, 0.25) is 0 Å². The van der Waals surface area contributed by atoms with Crippen molar-refractivity contribution in [2.45, 2.75) is 19.8 Å². The maximum atomic E-state index is 13.0. The lowest BCUT2D eigenvalue weighted by molar-refractivity contribution is -0.129. The van der Waals surface area contributed by atoms with Crippen LogP contribution in [0.15, 0.2) is 60.7 Å². The molecule has 1 aromatic heterocycles. The highest BCUT2D eigenvalue weighted by Gasteiger charge is 2.45. The fraction of sp³-hybridized carbons (Fsp3) is 0.308. The first-order chi connectivity index (χ1) is 15.5. The van der Waals surface area contributed by atoms with Crippen LogP contribution in [0.1, 0.15) is 26.5 Å². The zero-order chi connectivity index (χ0) is 22.7. The highest BCUT2D eigenvalue weighted by Crippen LogP contribution is 2.37. The van der Waals surface area contributed by atoms with Gasteiger partial charge in [-0.25, -0.2) is 0 Å². The van der Waals surface area contributed by atoms with Crippen molar-refractivity contribution in [2.75, 3.05) is 27.2 Å². The first-order valence-corrected chi connectivity index (χ1v) is 11.6. The van der Waals surface area contributed by atoms with E-state index in [1.807, 2.05) is 48.2 Å². The molecular formula is C26H28N2O3S. The lowest BCUT2D eigenvalue weighted by Crippen LogP contribution is -2.44. The molecular weight excluding hydrogens is 420 g/mol. The molecule has 0 radical (unpaired) electrons. The molecule has 2 aromatic carbocycles. The van der Waals surface area contributed by atoms with E-state index in [-0.39, 0.29) is 11.8 Å². The van der Waals surface area contributed by atoms with Gasteiger partial charge in [0, 0.05) is 30.6 Å². The number of amides is 2. The van der Waals surface area contributed by atoms with Crippen molar-refractivity contribution < 1.29 is 14.3 Å². The molecule has 5 nitrogen and oxygen atoms in total. The van der Waals surface area contributed by atoms with Crippen LogP contribution in [0, 0.1) is 12.3 Å². The molecule has 1 N–H and O–H groups in total. The molecule has 1 aliphatic rings. The summed E-state index contributed by atoms with van der Waals surface area (Å²) >= 11 is 1.50. The van der Waals surface area contributed by atoms with Crippen molar-refractivity contribution in [3.63, 3.8) is 0 Å². The van der Waals surface area contributed by atoms with Crippen molar-refractivity contribution in [2.24, 2.45) is 5.41 Å². The zero-order valence-electron chi connectivity index (χ0n) is 18.7. The van der Waals surface area contributed by atoms with Gasteiger partial charge < -0.3 is 15.0 Å². The number of methoxy groups -OCH3 is 1. The number of hydrogen-bond donors (Lipinski definition) is 1. The first kappa shape index (κ1) is 22.1. The monoisotopic (exact) mass is 448 g/mol. The Morgan fingerprint density at radius 1 is 1.09 bits per heavy atom. The van der Waals surface area contributed by atoms with Gasteiger partial charge in [0.25, 0.3) is 5.91 Å². The third-order valence-corrected chi connectivity index (χ3v) is 7.20. The standard InChI is InChI=1S/C26H28N2O3S/c1-18-8-13-23(32-18)24(29)28-15-14-26(17-28,25(30)27-2)16-19-9-11-20(12-10-19)21-6-4-5-7-22(21)31-3/h4-13H,14-17H2,1-3H3,(H,27,30). The van der Waals surface area contributed by atoms with Crippen LogP contribution >= 0.6 is 11.3 Å². The summed E-state index contributed by atoms with van der Waals surface area (Å²) in [7, 11) is 3.34. The van der Waals surface area contributed by atoms with Gasteiger partial charge in [-0.2, -0.15) is 0 Å². The Balaban J connectivity index is 1.55. The van der Waals surface area contributed by atoms with E-state index in [4.69, 9.17) is 4.74 Å². The van der Waals surface area contributed by atoms with Crippen LogP contribution in [0.4, 0.5) is 0 Å². The number of nitrogens with zero attached hydrogens (tertiary/aromatic N) is 1. The summed E-state index contributed by atoms with van der Waals surface area (Å²) in [6, 6.07) is 20.0. The molecule has 2 heterocycles. The highest BCUT2D eigenvalue weighted by atomic mass is 32.1. The Morgan fingerprint density at radius 3 is 2.50 bits per heavy atom. The molecule has 1 unspecified atom stereocenters. The maximum Gasteiger partial charge on any atom is 0.263 e. The van der Waals surface area contributed by atoms with E-state index >= 15 is 0 Å². The number of rotatable bonds is 6. The maximum absolute atomic E-state index is 13.0. The molecule has 1 aliphatic heterocycles. The Kier molecular flexibility index (Phi) is 6.33. The van der Waals surface area contributed by atoms with Gasteiger partial charge >= 0.3 is 0 Å². The molecule has 2 amide bonds. The van der Waals surface area contributed by atoms with E-state index < -0.39 is 5.41 Å². The molecule has 1 atom stereocenters. The minimum Gasteiger partial charge on any atom is -0.496 e. The third kappa shape index (κ3) is 4.28. The zero-order valence-corrected chi connectivity index (χ0v) is 19.5. The number of likely N-dealkylation sites (tertiary alicyclic amines) is 1. The normalized spacial score (nSPS) is 17.9. The second kappa shape index (κ2) is 9.17. The molecule has 1 saturated heterocycles. The minimum atomic E-state index is -0.622. The summed E-state index contributed by atoms with van der Waals surface area (Å²) in [6.07, 6.45) is 1.24. The quantitative estimate of drug-likeness (QED) is 0.602. The first-order valence-electron chi connectivity index (χ1n) is 10.8. The van der Waals surface area contributed by atoms with Gasteiger partial charge in [0.15, 0.2) is 0 Å². The molecule has 1 fully saturated rings. The average molecular weight is 449 g/mol. The third-order valence-electron chi connectivity index (χ3n) is 6.22. The number of benzene rings is 2. The Bertz CT molecular complexity index is 1120. The van der Waals surface area contributed by atoms with Crippen molar-refractivity contribution >= 4 is 23.2 Å². The van der Waals surface area contributed by atoms with Gasteiger partial charge in [-0.1, -0.05) is 42.5 Å². The second-order valence-corrected chi connectivity index (χ2v) is 9.61. The number of carbonyl (C=O) groups excluding carboxylic acids is 2. The molecule has 0 spiro atoms. The number of para-hydroxylation sites is 1. The van der Waals surface area contributed by atoms with Crippen molar-refractivity contribution in [3.8, 4) is 16.9 Å². The summed E-state index contributed by atoms with van der Waals surface area (Å²) in [4.78, 5) is 29.6. The van der Waals surface area contributed by atoms with Crippen LogP contribution in [0.5, 0.6) is 5.75 Å². The summed E-state index contributed by atoms with van der Waals surface area (Å²) in [6.45, 7) is 3.01. The number of carbonyl (C=O) groups is 2. The number of hydrogen-bond acceptors (Lipinski definition) is 4. The summed E-state index contributed by atoms with van der Waals surface area (Å²) < 4.78 is 5.48. The van der Waals surface area contributed by atoms with Gasteiger partial charge in [0.05, 0.1) is 17.4 Å². The smallest absolute Gasteiger partial charge is 0.263 e. The molecule has 0 saturated carbocycles.